The van der Waals surface area contributed by atoms with Crippen molar-refractivity contribution in [1.29, 1.82) is 0 Å². The maximum Gasteiger partial charge on any atom is 0.416 e. The molecule has 0 fully saturated rings. The minimum atomic E-state index is -5.01. The number of hydrogen-bond acceptors (Lipinski definition) is 6. The highest BCUT2D eigenvalue weighted by atomic mass is 19.4. The molecule has 0 aliphatic rings. The Hall–Kier alpha value is -5.47. The fraction of sp³-hybridized carbons (Fsp3) is 0.333. The number of benzene rings is 3. The SMILES string of the molecule is Cc1c(-c2cccc(OCCCC(=O)O)c2F)c(=O)n(C[C@H](NC(=O)OC(C)(C)C)c2ccccc2)c(=O)n1Cc1c(F)cccc1C(F)(F)F. The molecule has 2 N–H and O–H groups in total. The Balaban J connectivity index is 1.95. The van der Waals surface area contributed by atoms with E-state index in [-0.39, 0.29) is 30.9 Å². The molecular formula is C36H36F5N3O7. The van der Waals surface area contributed by atoms with E-state index in [0.717, 1.165) is 16.7 Å². The molecule has 1 atom stereocenters. The molecule has 1 amide bonds. The molecule has 0 aliphatic heterocycles. The number of ether oxygens (including phenoxy) is 2. The minimum Gasteiger partial charge on any atom is -0.490 e. The lowest BCUT2D eigenvalue weighted by atomic mass is 10.0. The Morgan fingerprint density at radius 2 is 1.59 bits per heavy atom. The van der Waals surface area contributed by atoms with Crippen LogP contribution in [0.25, 0.3) is 11.1 Å². The molecule has 4 rings (SSSR count). The van der Waals surface area contributed by atoms with Gasteiger partial charge in [-0.2, -0.15) is 13.2 Å². The van der Waals surface area contributed by atoms with Gasteiger partial charge < -0.3 is 19.9 Å². The molecular weight excluding hydrogens is 681 g/mol. The third-order valence-corrected chi connectivity index (χ3v) is 7.71. The summed E-state index contributed by atoms with van der Waals surface area (Å²) in [5, 5.41) is 11.5. The summed E-state index contributed by atoms with van der Waals surface area (Å²) in [6.07, 6.45) is -6.14. The Morgan fingerprint density at radius 3 is 2.22 bits per heavy atom. The van der Waals surface area contributed by atoms with Crippen molar-refractivity contribution in [2.75, 3.05) is 6.61 Å². The first kappa shape index (κ1) is 38.3. The molecule has 0 saturated carbocycles. The number of alkyl carbamates (subject to hydrolysis) is 1. The number of nitrogens with zero attached hydrogens (tertiary/aromatic N) is 2. The standard InChI is InChI=1S/C36H36F5N3O7/c1-21-30(23-13-8-16-28(31(23)38)50-18-10-17-29(45)46)32(47)44(20-27(22-11-6-5-7-12-22)42-33(48)51-35(2,3)4)34(49)43(21)19-24-25(36(39,40)41)14-9-15-26(24)37/h5-9,11-16,27H,10,17-20H2,1-4H3,(H,42,48)(H,45,46)/t27-/m0/s1. The largest absolute Gasteiger partial charge is 0.490 e. The summed E-state index contributed by atoms with van der Waals surface area (Å²) in [4.78, 5) is 52.2. The van der Waals surface area contributed by atoms with E-state index in [1.165, 1.54) is 25.1 Å². The average Bonchev–Trinajstić information content (AvgIpc) is 3.03. The zero-order valence-electron chi connectivity index (χ0n) is 28.1. The van der Waals surface area contributed by atoms with E-state index in [1.807, 2.05) is 0 Å². The maximum absolute atomic E-state index is 16.1. The summed E-state index contributed by atoms with van der Waals surface area (Å²) >= 11 is 0. The van der Waals surface area contributed by atoms with Crippen molar-refractivity contribution < 1.29 is 46.1 Å². The van der Waals surface area contributed by atoms with Gasteiger partial charge in [-0.3, -0.25) is 18.7 Å². The van der Waals surface area contributed by atoms with Crippen LogP contribution in [-0.2, 0) is 28.8 Å². The summed E-state index contributed by atoms with van der Waals surface area (Å²) in [6, 6.07) is 13.1. The second-order valence-corrected chi connectivity index (χ2v) is 12.6. The van der Waals surface area contributed by atoms with Crippen LogP contribution in [0.5, 0.6) is 5.75 Å². The quantitative estimate of drug-likeness (QED) is 0.121. The maximum atomic E-state index is 16.1. The third kappa shape index (κ3) is 9.41. The molecule has 0 unspecified atom stereocenters. The van der Waals surface area contributed by atoms with Gasteiger partial charge in [0, 0.05) is 23.2 Å². The van der Waals surface area contributed by atoms with Crippen molar-refractivity contribution in [2.45, 2.75) is 71.4 Å². The van der Waals surface area contributed by atoms with E-state index in [1.54, 1.807) is 51.1 Å². The molecule has 1 heterocycles. The topological polar surface area (TPSA) is 129 Å². The molecule has 0 saturated heterocycles. The van der Waals surface area contributed by atoms with Crippen LogP contribution in [0.15, 0.2) is 76.3 Å². The number of carbonyl (C=O) groups is 2. The summed E-state index contributed by atoms with van der Waals surface area (Å²) in [7, 11) is 0. The molecule has 0 spiro atoms. The Kier molecular flexibility index (Phi) is 11.7. The highest BCUT2D eigenvalue weighted by Crippen LogP contribution is 2.34. The normalized spacial score (nSPS) is 12.3. The lowest BCUT2D eigenvalue weighted by Gasteiger charge is -2.25. The van der Waals surface area contributed by atoms with Gasteiger partial charge in [-0.15, -0.1) is 0 Å². The van der Waals surface area contributed by atoms with Crippen LogP contribution in [0.2, 0.25) is 0 Å². The van der Waals surface area contributed by atoms with Gasteiger partial charge in [0.05, 0.1) is 36.9 Å². The number of halogens is 5. The number of aromatic nitrogens is 2. The van der Waals surface area contributed by atoms with Crippen molar-refractivity contribution >= 4 is 12.1 Å². The lowest BCUT2D eigenvalue weighted by Crippen LogP contribution is -2.46. The van der Waals surface area contributed by atoms with Gasteiger partial charge in [-0.05, 0) is 57.9 Å². The first-order valence-corrected chi connectivity index (χ1v) is 15.8. The highest BCUT2D eigenvalue weighted by Gasteiger charge is 2.35. The predicted octanol–water partition coefficient (Wildman–Crippen LogP) is 6.84. The monoisotopic (exact) mass is 717 g/mol. The van der Waals surface area contributed by atoms with Gasteiger partial charge >= 0.3 is 23.9 Å². The van der Waals surface area contributed by atoms with Crippen LogP contribution in [0.1, 0.15) is 62.0 Å². The zero-order chi connectivity index (χ0) is 37.7. The predicted molar refractivity (Wildman–Crippen MR) is 177 cm³/mol. The van der Waals surface area contributed by atoms with E-state index >= 15 is 8.78 Å². The molecule has 0 radical (unpaired) electrons. The van der Waals surface area contributed by atoms with Crippen LogP contribution in [0.3, 0.4) is 0 Å². The molecule has 0 aliphatic carbocycles. The minimum absolute atomic E-state index is 0.0331. The van der Waals surface area contributed by atoms with Gasteiger partial charge in [-0.1, -0.05) is 48.5 Å². The van der Waals surface area contributed by atoms with Crippen LogP contribution in [0.4, 0.5) is 26.7 Å². The van der Waals surface area contributed by atoms with Crippen molar-refractivity contribution in [2.24, 2.45) is 0 Å². The van der Waals surface area contributed by atoms with Crippen molar-refractivity contribution in [3.05, 3.63) is 122 Å². The number of carboxylic acids is 1. The number of aliphatic carboxylic acids is 1. The Bertz CT molecular complexity index is 2020. The second-order valence-electron chi connectivity index (χ2n) is 12.6. The van der Waals surface area contributed by atoms with E-state index in [4.69, 9.17) is 14.6 Å². The van der Waals surface area contributed by atoms with Gasteiger partial charge in [0.15, 0.2) is 11.6 Å². The molecule has 0 bridgehead atoms. The first-order valence-electron chi connectivity index (χ1n) is 15.8. The molecule has 272 valence electrons. The van der Waals surface area contributed by atoms with Crippen LogP contribution in [-0.4, -0.2) is 38.5 Å². The third-order valence-electron chi connectivity index (χ3n) is 7.71. The van der Waals surface area contributed by atoms with Gasteiger partial charge in [0.1, 0.15) is 11.4 Å². The fourth-order valence-corrected chi connectivity index (χ4v) is 5.37. The van der Waals surface area contributed by atoms with E-state index in [9.17, 15) is 32.3 Å². The number of alkyl halides is 3. The molecule has 4 aromatic rings. The molecule has 51 heavy (non-hydrogen) atoms. The number of carboxylic acid groups (broad SMARTS) is 1. The molecule has 10 nitrogen and oxygen atoms in total. The number of amides is 1. The second kappa shape index (κ2) is 15.6. The van der Waals surface area contributed by atoms with Crippen LogP contribution >= 0.6 is 0 Å². The molecule has 1 aromatic heterocycles. The summed E-state index contributed by atoms with van der Waals surface area (Å²) < 4.78 is 85.4. The van der Waals surface area contributed by atoms with Gasteiger partial charge in [0.25, 0.3) is 5.56 Å². The first-order chi connectivity index (χ1) is 23.9. The van der Waals surface area contributed by atoms with Crippen molar-refractivity contribution in [1.82, 2.24) is 14.5 Å². The van der Waals surface area contributed by atoms with Crippen LogP contribution < -0.4 is 21.3 Å². The summed E-state index contributed by atoms with van der Waals surface area (Å²) in [6.45, 7) is 4.29. The van der Waals surface area contributed by atoms with Crippen molar-refractivity contribution in [3.8, 4) is 16.9 Å². The number of carbonyl (C=O) groups excluding carboxylic acids is 1. The fourth-order valence-electron chi connectivity index (χ4n) is 5.37. The zero-order valence-corrected chi connectivity index (χ0v) is 28.1. The molecule has 15 heteroatoms. The number of hydrogen-bond donors (Lipinski definition) is 2. The number of nitrogens with one attached hydrogen (secondary N) is 1. The Morgan fingerprint density at radius 1 is 0.922 bits per heavy atom. The average molecular weight is 718 g/mol. The smallest absolute Gasteiger partial charge is 0.416 e. The summed E-state index contributed by atoms with van der Waals surface area (Å²) in [5.74, 6) is -3.79. The summed E-state index contributed by atoms with van der Waals surface area (Å²) in [5.41, 5.74) is -6.11. The number of rotatable bonds is 12. The van der Waals surface area contributed by atoms with Gasteiger partial charge in [-0.25, -0.2) is 18.4 Å². The van der Waals surface area contributed by atoms with Crippen molar-refractivity contribution in [3.63, 3.8) is 0 Å². The highest BCUT2D eigenvalue weighted by molar-refractivity contribution is 5.69. The van der Waals surface area contributed by atoms with E-state index < -0.39 is 88.1 Å². The molecule has 3 aromatic carbocycles. The Labute approximate surface area is 289 Å². The van der Waals surface area contributed by atoms with E-state index in [2.05, 4.69) is 5.32 Å². The van der Waals surface area contributed by atoms with Crippen LogP contribution in [0, 0.1) is 18.6 Å². The van der Waals surface area contributed by atoms with Gasteiger partial charge in [0.2, 0.25) is 0 Å². The van der Waals surface area contributed by atoms with E-state index in [0.29, 0.717) is 16.2 Å². The lowest BCUT2D eigenvalue weighted by molar-refractivity contribution is -0.139.